The number of rotatable bonds is 2. The number of aliphatic hydroxyl groups excluding tert-OH is 1. The Balaban J connectivity index is 2.22. The van der Waals surface area contributed by atoms with Crippen LogP contribution >= 0.6 is 11.6 Å². The fourth-order valence-corrected chi connectivity index (χ4v) is 1.87. The summed E-state index contributed by atoms with van der Waals surface area (Å²) in [6.45, 7) is 0.681. The van der Waals surface area contributed by atoms with Crippen LogP contribution in [0.15, 0.2) is 30.0 Å². The number of aliphatic hydroxyl groups is 1. The van der Waals surface area contributed by atoms with E-state index < -0.39 is 11.9 Å². The number of benzene rings is 1. The summed E-state index contributed by atoms with van der Waals surface area (Å²) in [5.41, 5.74) is 1.39. The van der Waals surface area contributed by atoms with Crippen LogP contribution in [-0.4, -0.2) is 11.7 Å². The molecule has 16 heavy (non-hydrogen) atoms. The molecule has 1 aromatic rings. The van der Waals surface area contributed by atoms with Crippen molar-refractivity contribution >= 4 is 11.6 Å². The molecule has 4 heteroatoms. The molecule has 0 saturated carbocycles. The second-order valence-corrected chi connectivity index (χ2v) is 4.15. The smallest absolute Gasteiger partial charge is 0.141 e. The monoisotopic (exact) mass is 242 g/mol. The normalized spacial score (nSPS) is 17.6. The standard InChI is InChI=1S/C12H12ClFO2/c13-10-6-8(3-4-11(10)14)12(15)9-2-1-5-16-7-9/h3-4,6-7,12,15H,1-2,5H2. The quantitative estimate of drug-likeness (QED) is 0.863. The lowest BCUT2D eigenvalue weighted by Crippen LogP contribution is -2.08. The molecule has 0 fully saturated rings. The Kier molecular flexibility index (Phi) is 3.46. The average molecular weight is 243 g/mol. The largest absolute Gasteiger partial charge is 0.501 e. The van der Waals surface area contributed by atoms with Crippen molar-refractivity contribution in [2.24, 2.45) is 0 Å². The van der Waals surface area contributed by atoms with Crippen molar-refractivity contribution in [3.05, 3.63) is 46.4 Å². The van der Waals surface area contributed by atoms with Crippen molar-refractivity contribution in [2.45, 2.75) is 18.9 Å². The van der Waals surface area contributed by atoms with Gasteiger partial charge in [-0.3, -0.25) is 0 Å². The lowest BCUT2D eigenvalue weighted by atomic mass is 9.98. The lowest BCUT2D eigenvalue weighted by Gasteiger charge is -2.19. The number of hydrogen-bond acceptors (Lipinski definition) is 2. The summed E-state index contributed by atoms with van der Waals surface area (Å²) in [6, 6.07) is 4.23. The minimum Gasteiger partial charge on any atom is -0.501 e. The molecule has 0 radical (unpaired) electrons. The zero-order chi connectivity index (χ0) is 11.5. The molecule has 1 aliphatic rings. The first-order valence-electron chi connectivity index (χ1n) is 5.12. The minimum atomic E-state index is -0.765. The van der Waals surface area contributed by atoms with Crippen LogP contribution in [0, 0.1) is 5.82 Å². The van der Waals surface area contributed by atoms with E-state index in [1.807, 2.05) is 0 Å². The van der Waals surface area contributed by atoms with Crippen LogP contribution in [0.2, 0.25) is 5.02 Å². The predicted molar refractivity (Wildman–Crippen MR) is 59.6 cm³/mol. The van der Waals surface area contributed by atoms with Gasteiger partial charge in [0.2, 0.25) is 0 Å². The highest BCUT2D eigenvalue weighted by Gasteiger charge is 2.17. The molecule has 2 nitrogen and oxygen atoms in total. The van der Waals surface area contributed by atoms with E-state index in [-0.39, 0.29) is 5.02 Å². The molecule has 1 aromatic carbocycles. The summed E-state index contributed by atoms with van der Waals surface area (Å²) in [5, 5.41) is 10.1. The summed E-state index contributed by atoms with van der Waals surface area (Å²) >= 11 is 5.66. The first-order chi connectivity index (χ1) is 7.68. The fourth-order valence-electron chi connectivity index (χ4n) is 1.68. The van der Waals surface area contributed by atoms with E-state index in [1.165, 1.54) is 18.2 Å². The number of halogens is 2. The van der Waals surface area contributed by atoms with E-state index in [4.69, 9.17) is 16.3 Å². The van der Waals surface area contributed by atoms with Crippen LogP contribution in [0.25, 0.3) is 0 Å². The van der Waals surface area contributed by atoms with Crippen LogP contribution < -0.4 is 0 Å². The molecular weight excluding hydrogens is 231 g/mol. The first-order valence-corrected chi connectivity index (χ1v) is 5.50. The summed E-state index contributed by atoms with van der Waals surface area (Å²) in [7, 11) is 0. The minimum absolute atomic E-state index is 0.0221. The third-order valence-electron chi connectivity index (χ3n) is 2.57. The van der Waals surface area contributed by atoms with E-state index in [2.05, 4.69) is 0 Å². The molecule has 0 aromatic heterocycles. The molecule has 1 N–H and O–H groups in total. The van der Waals surface area contributed by atoms with E-state index >= 15 is 0 Å². The van der Waals surface area contributed by atoms with Crippen molar-refractivity contribution in [3.63, 3.8) is 0 Å². The second kappa shape index (κ2) is 4.85. The van der Waals surface area contributed by atoms with Crippen LogP contribution in [0.4, 0.5) is 4.39 Å². The van der Waals surface area contributed by atoms with Gasteiger partial charge in [0, 0.05) is 0 Å². The summed E-state index contributed by atoms with van der Waals surface area (Å²) in [6.07, 6.45) is 2.48. The van der Waals surface area contributed by atoms with Gasteiger partial charge in [0.25, 0.3) is 0 Å². The molecule has 1 aliphatic heterocycles. The van der Waals surface area contributed by atoms with Crippen molar-refractivity contribution in [1.29, 1.82) is 0 Å². The molecule has 1 unspecified atom stereocenters. The van der Waals surface area contributed by atoms with Gasteiger partial charge in [-0.25, -0.2) is 4.39 Å². The summed E-state index contributed by atoms with van der Waals surface area (Å²) in [5.74, 6) is -0.480. The van der Waals surface area contributed by atoms with Crippen LogP contribution in [0.3, 0.4) is 0 Å². The van der Waals surface area contributed by atoms with Gasteiger partial charge in [-0.15, -0.1) is 0 Å². The topological polar surface area (TPSA) is 29.5 Å². The van der Waals surface area contributed by atoms with Crippen molar-refractivity contribution in [1.82, 2.24) is 0 Å². The van der Waals surface area contributed by atoms with Crippen molar-refractivity contribution in [2.75, 3.05) is 6.61 Å². The Hall–Kier alpha value is -1.06. The van der Waals surface area contributed by atoms with Gasteiger partial charge in [-0.1, -0.05) is 17.7 Å². The SMILES string of the molecule is OC(C1=COCCC1)c1ccc(F)c(Cl)c1. The molecule has 0 aliphatic carbocycles. The molecule has 86 valence electrons. The molecule has 1 atom stereocenters. The van der Waals surface area contributed by atoms with Crippen molar-refractivity contribution < 1.29 is 14.2 Å². The van der Waals surface area contributed by atoms with Crippen LogP contribution in [-0.2, 0) is 4.74 Å². The van der Waals surface area contributed by atoms with Crippen LogP contribution in [0.1, 0.15) is 24.5 Å². The lowest BCUT2D eigenvalue weighted by molar-refractivity contribution is 0.170. The molecular formula is C12H12ClFO2. The summed E-state index contributed by atoms with van der Waals surface area (Å²) in [4.78, 5) is 0. The molecule has 0 amide bonds. The predicted octanol–water partition coefficient (Wildman–Crippen LogP) is 3.21. The first kappa shape index (κ1) is 11.4. The Morgan fingerprint density at radius 3 is 2.88 bits per heavy atom. The van der Waals surface area contributed by atoms with Crippen molar-refractivity contribution in [3.8, 4) is 0 Å². The highest BCUT2D eigenvalue weighted by molar-refractivity contribution is 6.30. The van der Waals surface area contributed by atoms with Gasteiger partial charge in [-0.2, -0.15) is 0 Å². The van der Waals surface area contributed by atoms with Gasteiger partial charge in [0.05, 0.1) is 17.9 Å². The highest BCUT2D eigenvalue weighted by Crippen LogP contribution is 2.29. The fraction of sp³-hybridized carbons (Fsp3) is 0.333. The molecule has 2 rings (SSSR count). The molecule has 0 bridgehead atoms. The summed E-state index contributed by atoms with van der Waals surface area (Å²) < 4.78 is 18.1. The molecule has 0 spiro atoms. The van der Waals surface area contributed by atoms with Crippen LogP contribution in [0.5, 0.6) is 0 Å². The zero-order valence-electron chi connectivity index (χ0n) is 8.62. The third-order valence-corrected chi connectivity index (χ3v) is 2.86. The number of hydrogen-bond donors (Lipinski definition) is 1. The average Bonchev–Trinajstić information content (AvgIpc) is 2.33. The van der Waals surface area contributed by atoms with Gasteiger partial charge in [0.1, 0.15) is 11.9 Å². The maximum absolute atomic E-state index is 13.0. The second-order valence-electron chi connectivity index (χ2n) is 3.74. The van der Waals surface area contributed by atoms with Gasteiger partial charge >= 0.3 is 0 Å². The number of ether oxygens (including phenoxy) is 1. The van der Waals surface area contributed by atoms with E-state index in [0.717, 1.165) is 18.4 Å². The van der Waals surface area contributed by atoms with E-state index in [0.29, 0.717) is 12.2 Å². The zero-order valence-corrected chi connectivity index (χ0v) is 9.38. The third kappa shape index (κ3) is 2.36. The van der Waals surface area contributed by atoms with Gasteiger partial charge in [-0.05, 0) is 36.1 Å². The highest BCUT2D eigenvalue weighted by atomic mass is 35.5. The molecule has 0 saturated heterocycles. The van der Waals surface area contributed by atoms with E-state index in [1.54, 1.807) is 6.26 Å². The maximum atomic E-state index is 13.0. The van der Waals surface area contributed by atoms with Gasteiger partial charge < -0.3 is 9.84 Å². The Morgan fingerprint density at radius 1 is 1.44 bits per heavy atom. The Bertz CT molecular complexity index is 417. The van der Waals surface area contributed by atoms with Gasteiger partial charge in [0.15, 0.2) is 0 Å². The Morgan fingerprint density at radius 2 is 2.25 bits per heavy atom. The maximum Gasteiger partial charge on any atom is 0.141 e. The molecule has 1 heterocycles. The van der Waals surface area contributed by atoms with E-state index in [9.17, 15) is 9.50 Å². The Labute approximate surface area is 98.3 Å².